The van der Waals surface area contributed by atoms with Crippen LogP contribution in [0.25, 0.3) is 16.5 Å². The second-order valence-electron chi connectivity index (χ2n) is 9.64. The van der Waals surface area contributed by atoms with Crippen LogP contribution >= 0.6 is 23.2 Å². The third-order valence-corrected chi connectivity index (χ3v) is 7.90. The minimum absolute atomic E-state index is 0.0176. The Morgan fingerprint density at radius 1 is 1.08 bits per heavy atom. The van der Waals surface area contributed by atoms with Crippen molar-refractivity contribution in [2.75, 3.05) is 0 Å². The molecule has 1 N–H and O–H groups in total. The van der Waals surface area contributed by atoms with E-state index in [0.717, 1.165) is 42.9 Å². The van der Waals surface area contributed by atoms with Crippen LogP contribution in [0.2, 0.25) is 10.0 Å². The van der Waals surface area contributed by atoms with Crippen LogP contribution < -0.4 is 10.1 Å². The van der Waals surface area contributed by atoms with E-state index >= 15 is 0 Å². The lowest BCUT2D eigenvalue weighted by Crippen LogP contribution is -2.45. The van der Waals surface area contributed by atoms with Crippen molar-refractivity contribution in [2.24, 2.45) is 5.92 Å². The highest BCUT2D eigenvalue weighted by atomic mass is 35.5. The molecule has 2 aliphatic carbocycles. The Morgan fingerprint density at radius 2 is 1.86 bits per heavy atom. The van der Waals surface area contributed by atoms with Crippen LogP contribution in [0.5, 0.6) is 11.6 Å². The predicted octanol–water partition coefficient (Wildman–Crippen LogP) is 7.06. The van der Waals surface area contributed by atoms with Gasteiger partial charge in [-0.15, -0.1) is 0 Å². The van der Waals surface area contributed by atoms with E-state index in [1.807, 2.05) is 42.5 Å². The number of nitrogens with zero attached hydrogens (tertiary/aromatic N) is 3. The zero-order valence-electron chi connectivity index (χ0n) is 19.3. The number of hydrogen-bond donors (Lipinski definition) is 1. The first kappa shape index (κ1) is 22.9. The molecule has 0 spiro atoms. The molecule has 0 saturated heterocycles. The van der Waals surface area contributed by atoms with Crippen LogP contribution in [-0.4, -0.2) is 21.2 Å². The lowest BCUT2D eigenvalue weighted by Gasteiger charge is -2.27. The summed E-state index contributed by atoms with van der Waals surface area (Å²) in [6.07, 6.45) is 5.13. The Bertz CT molecular complexity index is 1550. The minimum Gasteiger partial charge on any atom is -0.438 e. The number of nitriles is 1. The van der Waals surface area contributed by atoms with Crippen molar-refractivity contribution in [3.8, 4) is 23.4 Å². The van der Waals surface area contributed by atoms with Gasteiger partial charge in [-0.3, -0.25) is 4.79 Å². The van der Waals surface area contributed by atoms with Crippen LogP contribution in [0.3, 0.4) is 0 Å². The average Bonchev–Trinajstić information content (AvgIpc) is 3.57. The van der Waals surface area contributed by atoms with E-state index in [1.54, 1.807) is 18.2 Å². The maximum absolute atomic E-state index is 13.5. The Balaban J connectivity index is 1.45. The zero-order valence-corrected chi connectivity index (χ0v) is 20.8. The number of halogens is 2. The molecule has 0 atom stereocenters. The molecule has 36 heavy (non-hydrogen) atoms. The Kier molecular flexibility index (Phi) is 5.63. The van der Waals surface area contributed by atoms with E-state index in [9.17, 15) is 10.1 Å². The first-order valence-corrected chi connectivity index (χ1v) is 12.7. The van der Waals surface area contributed by atoms with Crippen molar-refractivity contribution >= 4 is 39.9 Å². The Labute approximate surface area is 218 Å². The molecule has 6 rings (SSSR count). The van der Waals surface area contributed by atoms with Gasteiger partial charge in [-0.25, -0.2) is 0 Å². The number of nitrogens with one attached hydrogen (secondary N) is 1. The van der Waals surface area contributed by atoms with Crippen molar-refractivity contribution < 1.29 is 9.53 Å². The monoisotopic (exact) mass is 516 g/mol. The van der Waals surface area contributed by atoms with Crippen LogP contribution in [0.15, 0.2) is 60.7 Å². The summed E-state index contributed by atoms with van der Waals surface area (Å²) in [5.41, 5.74) is 0.308. The SMILES string of the molecule is N#Cc1c(C(=O)NC23CCC(CC2)C3)nn(-c2ccc(Cl)cc2Cl)c1Oc1ccc2ccccc2c1. The van der Waals surface area contributed by atoms with Gasteiger partial charge in [0.15, 0.2) is 5.69 Å². The van der Waals surface area contributed by atoms with Gasteiger partial charge in [-0.05, 0) is 79.1 Å². The van der Waals surface area contributed by atoms with Crippen molar-refractivity contribution in [3.63, 3.8) is 0 Å². The second kappa shape index (κ2) is 8.85. The number of benzene rings is 3. The van der Waals surface area contributed by atoms with Crippen LogP contribution in [0.4, 0.5) is 0 Å². The van der Waals surface area contributed by atoms with Crippen molar-refractivity contribution in [2.45, 2.75) is 37.6 Å². The van der Waals surface area contributed by atoms with E-state index in [0.29, 0.717) is 27.4 Å². The number of aromatic nitrogens is 2. The Morgan fingerprint density at radius 3 is 2.56 bits per heavy atom. The van der Waals surface area contributed by atoms with E-state index in [4.69, 9.17) is 27.9 Å². The summed E-state index contributed by atoms with van der Waals surface area (Å²) in [6, 6.07) is 20.6. The zero-order chi connectivity index (χ0) is 24.9. The molecule has 4 aromatic rings. The fourth-order valence-corrected chi connectivity index (χ4v) is 6.07. The molecule has 1 heterocycles. The molecule has 2 aliphatic rings. The number of ether oxygens (including phenoxy) is 1. The van der Waals surface area contributed by atoms with Crippen LogP contribution in [-0.2, 0) is 0 Å². The highest BCUT2D eigenvalue weighted by molar-refractivity contribution is 6.35. The minimum atomic E-state index is -0.374. The molecule has 1 amide bonds. The standard InChI is InChI=1S/C28H22Cl2N4O2/c29-20-6-8-24(23(30)14-20)34-27(36-21-7-5-18-3-1-2-4-19(18)13-21)22(16-31)25(33-34)26(35)32-28-11-9-17(15-28)10-12-28/h1-8,13-14,17H,9-12,15H2,(H,32,35). The first-order chi connectivity index (χ1) is 17.4. The van der Waals surface area contributed by atoms with Crippen molar-refractivity contribution in [1.82, 2.24) is 15.1 Å². The summed E-state index contributed by atoms with van der Waals surface area (Å²) in [7, 11) is 0. The highest BCUT2D eigenvalue weighted by Crippen LogP contribution is 2.47. The van der Waals surface area contributed by atoms with E-state index in [-0.39, 0.29) is 28.6 Å². The van der Waals surface area contributed by atoms with Crippen molar-refractivity contribution in [1.29, 1.82) is 5.26 Å². The molecule has 2 fully saturated rings. The summed E-state index contributed by atoms with van der Waals surface area (Å²) in [5.74, 6) is 0.922. The molecule has 3 aromatic carbocycles. The fraction of sp³-hybridized carbons (Fsp3) is 0.250. The molecule has 6 nitrogen and oxygen atoms in total. The van der Waals surface area contributed by atoms with Crippen molar-refractivity contribution in [3.05, 3.63) is 82.0 Å². The molecular weight excluding hydrogens is 495 g/mol. The third-order valence-electron chi connectivity index (χ3n) is 7.36. The number of carbonyl (C=O) groups excluding carboxylic acids is 1. The van der Waals surface area contributed by atoms with Gasteiger partial charge in [0.1, 0.15) is 17.4 Å². The van der Waals surface area contributed by atoms with Crippen LogP contribution in [0.1, 0.15) is 48.2 Å². The molecule has 0 radical (unpaired) electrons. The molecular formula is C28H22Cl2N4O2. The largest absolute Gasteiger partial charge is 0.438 e. The van der Waals surface area contributed by atoms with Gasteiger partial charge in [-0.1, -0.05) is 53.5 Å². The van der Waals surface area contributed by atoms with Gasteiger partial charge in [0.25, 0.3) is 5.91 Å². The molecule has 2 saturated carbocycles. The second-order valence-corrected chi connectivity index (χ2v) is 10.5. The number of amides is 1. The molecule has 0 aliphatic heterocycles. The van der Waals surface area contributed by atoms with Gasteiger partial charge in [-0.2, -0.15) is 15.0 Å². The summed E-state index contributed by atoms with van der Waals surface area (Å²) >= 11 is 12.6. The molecule has 2 bridgehead atoms. The summed E-state index contributed by atoms with van der Waals surface area (Å²) < 4.78 is 7.65. The van der Waals surface area contributed by atoms with Gasteiger partial charge < -0.3 is 10.1 Å². The Hall–Kier alpha value is -3.53. The predicted molar refractivity (Wildman–Crippen MR) is 139 cm³/mol. The topological polar surface area (TPSA) is 79.9 Å². The normalized spacial score (nSPS) is 20.4. The van der Waals surface area contributed by atoms with E-state index in [1.165, 1.54) is 4.68 Å². The summed E-state index contributed by atoms with van der Waals surface area (Å²) in [5, 5.41) is 20.7. The maximum Gasteiger partial charge on any atom is 0.273 e. The third kappa shape index (κ3) is 3.99. The first-order valence-electron chi connectivity index (χ1n) is 11.9. The van der Waals surface area contributed by atoms with Crippen LogP contribution in [0, 0.1) is 17.2 Å². The lowest BCUT2D eigenvalue weighted by atomic mass is 9.93. The number of rotatable bonds is 5. The quantitative estimate of drug-likeness (QED) is 0.307. The van der Waals surface area contributed by atoms with Gasteiger partial charge in [0.2, 0.25) is 5.88 Å². The summed E-state index contributed by atoms with van der Waals surface area (Å²) in [4.78, 5) is 13.5. The molecule has 0 unspecified atom stereocenters. The average molecular weight is 517 g/mol. The number of fused-ring (bicyclic) bond motifs is 3. The fourth-order valence-electron chi connectivity index (χ4n) is 5.58. The molecule has 180 valence electrons. The number of hydrogen-bond acceptors (Lipinski definition) is 4. The number of carbonyl (C=O) groups is 1. The lowest BCUT2D eigenvalue weighted by molar-refractivity contribution is 0.0895. The molecule has 8 heteroatoms. The van der Waals surface area contributed by atoms with Gasteiger partial charge in [0.05, 0.1) is 10.7 Å². The summed E-state index contributed by atoms with van der Waals surface area (Å²) in [6.45, 7) is 0. The highest BCUT2D eigenvalue weighted by Gasteiger charge is 2.46. The van der Waals surface area contributed by atoms with Gasteiger partial charge >= 0.3 is 0 Å². The van der Waals surface area contributed by atoms with Gasteiger partial charge in [0, 0.05) is 10.6 Å². The van der Waals surface area contributed by atoms with E-state index in [2.05, 4.69) is 16.5 Å². The van der Waals surface area contributed by atoms with E-state index < -0.39 is 0 Å². The molecule has 1 aromatic heterocycles. The maximum atomic E-state index is 13.5. The smallest absolute Gasteiger partial charge is 0.273 e.